The SMILES string of the molecule is CCC(C)C(C(=O)NCC1(O)CCNC1)c1ccccc1. The first kappa shape index (κ1) is 16.0. The third kappa shape index (κ3) is 4.05. The van der Waals surface area contributed by atoms with Crippen LogP contribution in [0.1, 0.15) is 38.2 Å². The topological polar surface area (TPSA) is 61.4 Å². The Balaban J connectivity index is 2.04. The fourth-order valence-electron chi connectivity index (χ4n) is 2.88. The van der Waals surface area contributed by atoms with Crippen molar-refractivity contribution in [3.8, 4) is 0 Å². The van der Waals surface area contributed by atoms with Crippen molar-refractivity contribution in [2.75, 3.05) is 19.6 Å². The summed E-state index contributed by atoms with van der Waals surface area (Å²) in [5.41, 5.74) is 0.243. The molecule has 4 nitrogen and oxygen atoms in total. The van der Waals surface area contributed by atoms with Crippen molar-refractivity contribution in [1.29, 1.82) is 0 Å². The number of carbonyl (C=O) groups excluding carboxylic acids is 1. The van der Waals surface area contributed by atoms with E-state index in [1.165, 1.54) is 0 Å². The Labute approximate surface area is 126 Å². The number of rotatable bonds is 6. The van der Waals surface area contributed by atoms with Crippen molar-refractivity contribution < 1.29 is 9.90 Å². The zero-order valence-corrected chi connectivity index (χ0v) is 12.9. The Morgan fingerprint density at radius 2 is 2.14 bits per heavy atom. The summed E-state index contributed by atoms with van der Waals surface area (Å²) in [6.45, 7) is 5.87. The molecule has 116 valence electrons. The lowest BCUT2D eigenvalue weighted by Crippen LogP contribution is -2.46. The number of carbonyl (C=O) groups is 1. The number of β-amino-alcohol motifs (C(OH)–C–C–N with tert-alkyl or cyclic N) is 1. The molecule has 3 unspecified atom stereocenters. The van der Waals surface area contributed by atoms with E-state index in [9.17, 15) is 9.90 Å². The van der Waals surface area contributed by atoms with Crippen LogP contribution in [-0.2, 0) is 4.79 Å². The van der Waals surface area contributed by atoms with Crippen molar-refractivity contribution in [3.05, 3.63) is 35.9 Å². The summed E-state index contributed by atoms with van der Waals surface area (Å²) in [6.07, 6.45) is 1.63. The van der Waals surface area contributed by atoms with Gasteiger partial charge in [-0.05, 0) is 24.4 Å². The predicted molar refractivity (Wildman–Crippen MR) is 84.1 cm³/mol. The molecule has 1 amide bonds. The molecule has 1 heterocycles. The maximum Gasteiger partial charge on any atom is 0.227 e. The van der Waals surface area contributed by atoms with Gasteiger partial charge in [0.25, 0.3) is 0 Å². The molecule has 1 aliphatic heterocycles. The molecule has 1 aromatic carbocycles. The normalized spacial score (nSPS) is 24.5. The summed E-state index contributed by atoms with van der Waals surface area (Å²) in [7, 11) is 0. The van der Waals surface area contributed by atoms with Crippen LogP contribution in [0, 0.1) is 5.92 Å². The third-order valence-corrected chi connectivity index (χ3v) is 4.47. The van der Waals surface area contributed by atoms with Gasteiger partial charge in [-0.3, -0.25) is 4.79 Å². The molecular formula is C17H26N2O2. The first-order valence-corrected chi connectivity index (χ1v) is 7.81. The van der Waals surface area contributed by atoms with Crippen LogP contribution in [0.4, 0.5) is 0 Å². The summed E-state index contributed by atoms with van der Waals surface area (Å²) in [4.78, 5) is 12.6. The first-order chi connectivity index (χ1) is 10.1. The summed E-state index contributed by atoms with van der Waals surface area (Å²) in [5, 5.41) is 16.4. The molecular weight excluding hydrogens is 264 g/mol. The Bertz CT molecular complexity index is 455. The van der Waals surface area contributed by atoms with Crippen LogP contribution in [-0.4, -0.2) is 36.2 Å². The summed E-state index contributed by atoms with van der Waals surface area (Å²) < 4.78 is 0. The molecule has 4 heteroatoms. The van der Waals surface area contributed by atoms with Crippen molar-refractivity contribution in [3.63, 3.8) is 0 Å². The number of benzene rings is 1. The van der Waals surface area contributed by atoms with Gasteiger partial charge in [-0.1, -0.05) is 50.6 Å². The van der Waals surface area contributed by atoms with Gasteiger partial charge < -0.3 is 15.7 Å². The van der Waals surface area contributed by atoms with Crippen molar-refractivity contribution >= 4 is 5.91 Å². The van der Waals surface area contributed by atoms with Gasteiger partial charge in [-0.15, -0.1) is 0 Å². The van der Waals surface area contributed by atoms with Crippen molar-refractivity contribution in [2.24, 2.45) is 5.92 Å². The summed E-state index contributed by atoms with van der Waals surface area (Å²) in [6, 6.07) is 9.89. The maximum absolute atomic E-state index is 12.6. The molecule has 21 heavy (non-hydrogen) atoms. The lowest BCUT2D eigenvalue weighted by Gasteiger charge is -2.26. The number of hydrogen-bond donors (Lipinski definition) is 3. The van der Waals surface area contributed by atoms with Gasteiger partial charge in [0.05, 0.1) is 11.5 Å². The van der Waals surface area contributed by atoms with Gasteiger partial charge in [0.2, 0.25) is 5.91 Å². The van der Waals surface area contributed by atoms with Gasteiger partial charge >= 0.3 is 0 Å². The van der Waals surface area contributed by atoms with Crippen LogP contribution in [0.3, 0.4) is 0 Å². The molecule has 0 aliphatic carbocycles. The molecule has 3 N–H and O–H groups in total. The van der Waals surface area contributed by atoms with E-state index in [4.69, 9.17) is 0 Å². The second kappa shape index (κ2) is 7.05. The van der Waals surface area contributed by atoms with E-state index >= 15 is 0 Å². The highest BCUT2D eigenvalue weighted by molar-refractivity contribution is 5.84. The predicted octanol–water partition coefficient (Wildman–Crippen LogP) is 1.66. The van der Waals surface area contributed by atoms with Crippen LogP contribution in [0.5, 0.6) is 0 Å². The first-order valence-electron chi connectivity index (χ1n) is 7.81. The van der Waals surface area contributed by atoms with Gasteiger partial charge in [0.15, 0.2) is 0 Å². The molecule has 1 aromatic rings. The third-order valence-electron chi connectivity index (χ3n) is 4.47. The van der Waals surface area contributed by atoms with Crippen LogP contribution in [0.25, 0.3) is 0 Å². The molecule has 0 aromatic heterocycles. The van der Waals surface area contributed by atoms with Crippen LogP contribution in [0.2, 0.25) is 0 Å². The highest BCUT2D eigenvalue weighted by atomic mass is 16.3. The monoisotopic (exact) mass is 290 g/mol. The number of aliphatic hydroxyl groups is 1. The van der Waals surface area contributed by atoms with E-state index in [1.54, 1.807) is 0 Å². The Hall–Kier alpha value is -1.39. The molecule has 0 radical (unpaired) electrons. The van der Waals surface area contributed by atoms with E-state index in [0.29, 0.717) is 19.5 Å². The smallest absolute Gasteiger partial charge is 0.227 e. The minimum absolute atomic E-state index is 0.0101. The van der Waals surface area contributed by atoms with E-state index in [0.717, 1.165) is 18.5 Å². The minimum atomic E-state index is -0.799. The van der Waals surface area contributed by atoms with Crippen LogP contribution >= 0.6 is 0 Å². The summed E-state index contributed by atoms with van der Waals surface area (Å²) in [5.74, 6) is 0.119. The zero-order valence-electron chi connectivity index (χ0n) is 12.9. The second-order valence-corrected chi connectivity index (χ2v) is 6.14. The highest BCUT2D eigenvalue weighted by Crippen LogP contribution is 2.27. The molecule has 1 aliphatic rings. The Morgan fingerprint density at radius 1 is 1.43 bits per heavy atom. The number of nitrogens with one attached hydrogen (secondary N) is 2. The molecule has 0 saturated carbocycles. The van der Waals surface area contributed by atoms with Crippen LogP contribution < -0.4 is 10.6 Å². The highest BCUT2D eigenvalue weighted by Gasteiger charge is 2.33. The molecule has 1 fully saturated rings. The fourth-order valence-corrected chi connectivity index (χ4v) is 2.88. The zero-order chi connectivity index (χ0) is 15.3. The molecule has 0 spiro atoms. The Kier molecular flexibility index (Phi) is 5.37. The maximum atomic E-state index is 12.6. The van der Waals surface area contributed by atoms with Gasteiger partial charge in [-0.2, -0.15) is 0 Å². The van der Waals surface area contributed by atoms with Gasteiger partial charge in [0.1, 0.15) is 0 Å². The van der Waals surface area contributed by atoms with Gasteiger partial charge in [-0.25, -0.2) is 0 Å². The molecule has 3 atom stereocenters. The molecule has 1 saturated heterocycles. The minimum Gasteiger partial charge on any atom is -0.387 e. The number of hydrogen-bond acceptors (Lipinski definition) is 3. The molecule has 0 bridgehead atoms. The van der Waals surface area contributed by atoms with Crippen LogP contribution in [0.15, 0.2) is 30.3 Å². The van der Waals surface area contributed by atoms with E-state index in [1.807, 2.05) is 30.3 Å². The van der Waals surface area contributed by atoms with Crippen molar-refractivity contribution in [2.45, 2.75) is 38.2 Å². The Morgan fingerprint density at radius 3 is 2.71 bits per heavy atom. The summed E-state index contributed by atoms with van der Waals surface area (Å²) >= 11 is 0. The molecule has 2 rings (SSSR count). The standard InChI is InChI=1S/C17H26N2O2/c1-3-13(2)15(14-7-5-4-6-8-14)16(20)19-12-17(21)9-10-18-11-17/h4-8,13,15,18,21H,3,9-12H2,1-2H3,(H,19,20). The van der Waals surface area contributed by atoms with E-state index in [-0.39, 0.29) is 17.7 Å². The fraction of sp³-hybridized carbons (Fsp3) is 0.588. The average Bonchev–Trinajstić information content (AvgIpc) is 2.93. The lowest BCUT2D eigenvalue weighted by atomic mass is 9.84. The quantitative estimate of drug-likeness (QED) is 0.746. The van der Waals surface area contributed by atoms with E-state index < -0.39 is 5.60 Å². The van der Waals surface area contributed by atoms with E-state index in [2.05, 4.69) is 24.5 Å². The lowest BCUT2D eigenvalue weighted by molar-refractivity contribution is -0.124. The average molecular weight is 290 g/mol. The second-order valence-electron chi connectivity index (χ2n) is 6.14. The number of amides is 1. The van der Waals surface area contributed by atoms with Crippen molar-refractivity contribution in [1.82, 2.24) is 10.6 Å². The largest absolute Gasteiger partial charge is 0.387 e. The van der Waals surface area contributed by atoms with Gasteiger partial charge in [0, 0.05) is 13.1 Å².